The van der Waals surface area contributed by atoms with Crippen molar-refractivity contribution in [3.05, 3.63) is 54.1 Å². The van der Waals surface area contributed by atoms with Gasteiger partial charge >= 0.3 is 6.03 Å². The van der Waals surface area contributed by atoms with E-state index >= 15 is 0 Å². The van der Waals surface area contributed by atoms with Crippen LogP contribution in [0.25, 0.3) is 0 Å². The van der Waals surface area contributed by atoms with E-state index in [0.717, 1.165) is 22.7 Å². The smallest absolute Gasteiger partial charge is 0.321 e. The average Bonchev–Trinajstić information content (AvgIpc) is 3.31. The number of carbonyl (C=O) groups excluding carboxylic acids is 1. The monoisotopic (exact) mass is 353 g/mol. The van der Waals surface area contributed by atoms with E-state index in [1.54, 1.807) is 11.9 Å². The van der Waals surface area contributed by atoms with Crippen molar-refractivity contribution in [2.24, 2.45) is 5.16 Å². The molecule has 0 unspecified atom stereocenters. The van der Waals surface area contributed by atoms with Gasteiger partial charge in [0.2, 0.25) is 6.79 Å². The summed E-state index contributed by atoms with van der Waals surface area (Å²) in [4.78, 5) is 19.4. The zero-order valence-electron chi connectivity index (χ0n) is 14.3. The van der Waals surface area contributed by atoms with Gasteiger partial charge in [-0.1, -0.05) is 23.4 Å². The molecule has 1 N–H and O–H groups in total. The summed E-state index contributed by atoms with van der Waals surface area (Å²) in [5.74, 6) is 1.45. The fourth-order valence-corrected chi connectivity index (χ4v) is 2.90. The van der Waals surface area contributed by atoms with E-state index in [-0.39, 0.29) is 18.9 Å². The lowest BCUT2D eigenvalue weighted by Crippen LogP contribution is -2.37. The topological polar surface area (TPSA) is 72.4 Å². The molecule has 2 aromatic rings. The highest BCUT2D eigenvalue weighted by molar-refractivity contribution is 6.01. The van der Waals surface area contributed by atoms with Crippen LogP contribution in [-0.2, 0) is 4.84 Å². The maximum absolute atomic E-state index is 12.3. The Hall–Kier alpha value is -3.22. The maximum Gasteiger partial charge on any atom is 0.321 e. The van der Waals surface area contributed by atoms with Gasteiger partial charge in [-0.2, -0.15) is 0 Å². The molecule has 2 aliphatic heterocycles. The molecule has 2 amide bonds. The number of hydrogen-bond acceptors (Lipinski definition) is 5. The first-order valence-electron chi connectivity index (χ1n) is 8.39. The molecular formula is C19H19N3O4. The second-order valence-electron chi connectivity index (χ2n) is 6.21. The van der Waals surface area contributed by atoms with Gasteiger partial charge in [0.1, 0.15) is 0 Å². The summed E-state index contributed by atoms with van der Waals surface area (Å²) in [6.45, 7) is 0.682. The third kappa shape index (κ3) is 3.42. The lowest BCUT2D eigenvalue weighted by Gasteiger charge is -2.20. The molecule has 0 saturated heterocycles. The molecule has 7 nitrogen and oxygen atoms in total. The first-order valence-corrected chi connectivity index (χ1v) is 8.39. The number of amides is 2. The van der Waals surface area contributed by atoms with Gasteiger partial charge in [0.15, 0.2) is 17.6 Å². The molecule has 0 saturated carbocycles. The molecule has 0 radical (unpaired) electrons. The number of fused-ring (bicyclic) bond motifs is 1. The van der Waals surface area contributed by atoms with Crippen LogP contribution >= 0.6 is 0 Å². The lowest BCUT2D eigenvalue weighted by atomic mass is 10.0. The SMILES string of the molecule is CN(C[C@H]1CC(c2ccc3c(c2)OCO3)=NO1)C(=O)Nc1ccccc1. The lowest BCUT2D eigenvalue weighted by molar-refractivity contribution is 0.0672. The number of anilines is 1. The van der Waals surface area contributed by atoms with Crippen molar-refractivity contribution in [3.8, 4) is 11.5 Å². The molecule has 0 bridgehead atoms. The number of hydrogen-bond donors (Lipinski definition) is 1. The summed E-state index contributed by atoms with van der Waals surface area (Å²) in [6.07, 6.45) is 0.449. The van der Waals surface area contributed by atoms with Crippen molar-refractivity contribution in [1.82, 2.24) is 4.90 Å². The molecule has 26 heavy (non-hydrogen) atoms. The Labute approximate surface area is 151 Å². The number of oxime groups is 1. The first kappa shape index (κ1) is 16.3. The van der Waals surface area contributed by atoms with Crippen molar-refractivity contribution in [1.29, 1.82) is 0 Å². The summed E-state index contributed by atoms with van der Waals surface area (Å²) in [5, 5.41) is 7.02. The van der Waals surface area contributed by atoms with E-state index < -0.39 is 0 Å². The number of rotatable bonds is 4. The quantitative estimate of drug-likeness (QED) is 0.917. The van der Waals surface area contributed by atoms with Gasteiger partial charge in [-0.3, -0.25) is 0 Å². The summed E-state index contributed by atoms with van der Waals surface area (Å²) in [6, 6.07) is 14.9. The third-order valence-corrected chi connectivity index (χ3v) is 4.29. The predicted octanol–water partition coefficient (Wildman–Crippen LogP) is 3.07. The molecule has 7 heteroatoms. The number of benzene rings is 2. The minimum Gasteiger partial charge on any atom is -0.454 e. The maximum atomic E-state index is 12.3. The summed E-state index contributed by atoms with van der Waals surface area (Å²) >= 11 is 0. The highest BCUT2D eigenvalue weighted by atomic mass is 16.7. The number of likely N-dealkylation sites (N-methyl/N-ethyl adjacent to an activating group) is 1. The highest BCUT2D eigenvalue weighted by Crippen LogP contribution is 2.33. The van der Waals surface area contributed by atoms with E-state index in [4.69, 9.17) is 14.3 Å². The molecule has 1 atom stereocenters. The second-order valence-corrected chi connectivity index (χ2v) is 6.21. The van der Waals surface area contributed by atoms with Crippen molar-refractivity contribution in [3.63, 3.8) is 0 Å². The molecule has 0 aromatic heterocycles. The fourth-order valence-electron chi connectivity index (χ4n) is 2.90. The van der Waals surface area contributed by atoms with Gasteiger partial charge in [0.25, 0.3) is 0 Å². The van der Waals surface area contributed by atoms with Crippen LogP contribution in [0.1, 0.15) is 12.0 Å². The van der Waals surface area contributed by atoms with Crippen LogP contribution in [0, 0.1) is 0 Å². The number of carbonyl (C=O) groups is 1. The second kappa shape index (κ2) is 6.95. The molecular weight excluding hydrogens is 334 g/mol. The molecule has 2 heterocycles. The molecule has 0 fully saturated rings. The minimum atomic E-state index is -0.184. The van der Waals surface area contributed by atoms with E-state index in [0.29, 0.717) is 18.7 Å². The first-order chi connectivity index (χ1) is 12.7. The summed E-state index contributed by atoms with van der Waals surface area (Å²) < 4.78 is 10.7. The van der Waals surface area contributed by atoms with Crippen molar-refractivity contribution in [2.75, 3.05) is 25.7 Å². The van der Waals surface area contributed by atoms with E-state index in [2.05, 4.69) is 10.5 Å². The molecule has 2 aliphatic rings. The van der Waals surface area contributed by atoms with Crippen LogP contribution in [0.15, 0.2) is 53.7 Å². The van der Waals surface area contributed by atoms with Gasteiger partial charge < -0.3 is 24.5 Å². The van der Waals surface area contributed by atoms with E-state index in [9.17, 15) is 4.79 Å². The van der Waals surface area contributed by atoms with Crippen LogP contribution < -0.4 is 14.8 Å². The molecule has 2 aromatic carbocycles. The number of urea groups is 1. The van der Waals surface area contributed by atoms with Crippen molar-refractivity contribution in [2.45, 2.75) is 12.5 Å². The van der Waals surface area contributed by atoms with Crippen LogP contribution in [0.5, 0.6) is 11.5 Å². The predicted molar refractivity (Wildman–Crippen MR) is 96.7 cm³/mol. The molecule has 0 aliphatic carbocycles. The number of ether oxygens (including phenoxy) is 2. The van der Waals surface area contributed by atoms with Gasteiger partial charge in [-0.05, 0) is 30.3 Å². The Balaban J connectivity index is 1.32. The van der Waals surface area contributed by atoms with Crippen molar-refractivity contribution < 1.29 is 19.1 Å². The van der Waals surface area contributed by atoms with Crippen LogP contribution in [0.3, 0.4) is 0 Å². The average molecular weight is 353 g/mol. The van der Waals surface area contributed by atoms with Gasteiger partial charge in [0.05, 0.1) is 12.3 Å². The Morgan fingerprint density at radius 1 is 1.19 bits per heavy atom. The Kier molecular flexibility index (Phi) is 4.35. The molecule has 0 spiro atoms. The molecule has 134 valence electrons. The number of para-hydroxylation sites is 1. The van der Waals surface area contributed by atoms with Gasteiger partial charge in [0, 0.05) is 24.7 Å². The molecule has 4 rings (SSSR count). The number of nitrogens with one attached hydrogen (secondary N) is 1. The number of nitrogens with zero attached hydrogens (tertiary/aromatic N) is 2. The summed E-state index contributed by atoms with van der Waals surface area (Å²) in [7, 11) is 1.74. The largest absolute Gasteiger partial charge is 0.454 e. The Morgan fingerprint density at radius 3 is 2.85 bits per heavy atom. The summed E-state index contributed by atoms with van der Waals surface area (Å²) in [5.41, 5.74) is 2.53. The third-order valence-electron chi connectivity index (χ3n) is 4.29. The Bertz CT molecular complexity index is 838. The standard InChI is InChI=1S/C19H19N3O4/c1-22(19(23)20-14-5-3-2-4-6-14)11-15-10-16(21-26-15)13-7-8-17-18(9-13)25-12-24-17/h2-9,15H,10-12H2,1H3,(H,20,23)/t15-/m1/s1. The van der Waals surface area contributed by atoms with E-state index in [1.165, 1.54) is 0 Å². The van der Waals surface area contributed by atoms with Crippen LogP contribution in [0.4, 0.5) is 10.5 Å². The van der Waals surface area contributed by atoms with Crippen molar-refractivity contribution >= 4 is 17.4 Å². The van der Waals surface area contributed by atoms with E-state index in [1.807, 2.05) is 48.5 Å². The zero-order valence-corrected chi connectivity index (χ0v) is 14.3. The Morgan fingerprint density at radius 2 is 2.00 bits per heavy atom. The zero-order chi connectivity index (χ0) is 17.9. The van der Waals surface area contributed by atoms with Gasteiger partial charge in [-0.15, -0.1) is 0 Å². The van der Waals surface area contributed by atoms with Crippen LogP contribution in [-0.4, -0.2) is 43.1 Å². The normalized spacial score (nSPS) is 17.4. The van der Waals surface area contributed by atoms with Gasteiger partial charge in [-0.25, -0.2) is 4.79 Å². The highest BCUT2D eigenvalue weighted by Gasteiger charge is 2.26. The minimum absolute atomic E-state index is 0.179. The van der Waals surface area contributed by atoms with Crippen LogP contribution in [0.2, 0.25) is 0 Å². The fraction of sp³-hybridized carbons (Fsp3) is 0.263.